The summed E-state index contributed by atoms with van der Waals surface area (Å²) >= 11 is 0. The van der Waals surface area contributed by atoms with Gasteiger partial charge in [-0.05, 0) is 35.7 Å². The van der Waals surface area contributed by atoms with Crippen molar-refractivity contribution in [1.82, 2.24) is 4.98 Å². The van der Waals surface area contributed by atoms with Crippen LogP contribution in [0.4, 0.5) is 10.1 Å². The van der Waals surface area contributed by atoms with Crippen LogP contribution < -0.4 is 5.73 Å². The smallest absolute Gasteiger partial charge is 0.126 e. The highest BCUT2D eigenvalue weighted by atomic mass is 19.1. The molecule has 0 saturated heterocycles. The number of halogens is 1. The van der Waals surface area contributed by atoms with Gasteiger partial charge in [-0.25, -0.2) is 4.39 Å². The Bertz CT molecular complexity index is 557. The van der Waals surface area contributed by atoms with E-state index in [0.29, 0.717) is 23.2 Å². The standard InChI is InChI=1S/C14H15FN2O/c1-9-6-10(2-3-12(9)15)14(18)7-11-8-17-5-4-13(11)16/h2-6,8,14,18H,7H2,1H3,(H2,16,17). The van der Waals surface area contributed by atoms with Crippen LogP contribution in [0.3, 0.4) is 0 Å². The fourth-order valence-electron chi connectivity index (χ4n) is 1.81. The van der Waals surface area contributed by atoms with Crippen LogP contribution in [-0.2, 0) is 6.42 Å². The van der Waals surface area contributed by atoms with Gasteiger partial charge in [0.1, 0.15) is 5.82 Å². The van der Waals surface area contributed by atoms with Crippen molar-refractivity contribution in [1.29, 1.82) is 0 Å². The van der Waals surface area contributed by atoms with Gasteiger partial charge >= 0.3 is 0 Å². The van der Waals surface area contributed by atoms with Gasteiger partial charge < -0.3 is 10.8 Å². The van der Waals surface area contributed by atoms with E-state index in [0.717, 1.165) is 5.56 Å². The number of hydrogen-bond donors (Lipinski definition) is 2. The summed E-state index contributed by atoms with van der Waals surface area (Å²) in [5.74, 6) is -0.271. The molecule has 0 fully saturated rings. The second kappa shape index (κ2) is 5.14. The third-order valence-corrected chi connectivity index (χ3v) is 2.92. The highest BCUT2D eigenvalue weighted by Crippen LogP contribution is 2.22. The first-order valence-electron chi connectivity index (χ1n) is 5.70. The summed E-state index contributed by atoms with van der Waals surface area (Å²) in [5.41, 5.74) is 8.37. The lowest BCUT2D eigenvalue weighted by Gasteiger charge is -2.13. The Morgan fingerprint density at radius 3 is 2.83 bits per heavy atom. The molecule has 0 spiro atoms. The van der Waals surface area contributed by atoms with E-state index in [4.69, 9.17) is 5.73 Å². The number of nitrogen functional groups attached to an aromatic ring is 1. The molecular formula is C14H15FN2O. The van der Waals surface area contributed by atoms with Crippen molar-refractivity contribution in [2.24, 2.45) is 0 Å². The van der Waals surface area contributed by atoms with Gasteiger partial charge in [0, 0.05) is 24.5 Å². The molecule has 2 rings (SSSR count). The van der Waals surface area contributed by atoms with Crippen LogP contribution in [0.25, 0.3) is 0 Å². The Balaban J connectivity index is 2.19. The van der Waals surface area contributed by atoms with Crippen molar-refractivity contribution in [3.8, 4) is 0 Å². The lowest BCUT2D eigenvalue weighted by atomic mass is 10.00. The van der Waals surface area contributed by atoms with Crippen LogP contribution in [0, 0.1) is 12.7 Å². The third kappa shape index (κ3) is 2.65. The van der Waals surface area contributed by atoms with Gasteiger partial charge in [-0.15, -0.1) is 0 Å². The van der Waals surface area contributed by atoms with E-state index in [1.165, 1.54) is 6.07 Å². The number of aliphatic hydroxyl groups excluding tert-OH is 1. The Labute approximate surface area is 105 Å². The molecule has 2 aromatic rings. The average molecular weight is 246 g/mol. The topological polar surface area (TPSA) is 59.1 Å². The van der Waals surface area contributed by atoms with Gasteiger partial charge in [0.15, 0.2) is 0 Å². The molecule has 1 heterocycles. The Morgan fingerprint density at radius 2 is 2.17 bits per heavy atom. The maximum atomic E-state index is 13.1. The van der Waals surface area contributed by atoms with Gasteiger partial charge in [0.25, 0.3) is 0 Å². The predicted octanol–water partition coefficient (Wildman–Crippen LogP) is 2.39. The zero-order valence-corrected chi connectivity index (χ0v) is 10.1. The first-order chi connectivity index (χ1) is 8.58. The van der Waals surface area contributed by atoms with E-state index in [1.807, 2.05) is 0 Å². The number of aliphatic hydroxyl groups is 1. The number of anilines is 1. The minimum Gasteiger partial charge on any atom is -0.398 e. The summed E-state index contributed by atoms with van der Waals surface area (Å²) in [6, 6.07) is 6.28. The normalized spacial score (nSPS) is 12.4. The van der Waals surface area contributed by atoms with Crippen molar-refractivity contribution in [3.05, 3.63) is 59.2 Å². The molecule has 3 N–H and O–H groups in total. The number of nitrogens with two attached hydrogens (primary N) is 1. The quantitative estimate of drug-likeness (QED) is 0.874. The first-order valence-corrected chi connectivity index (χ1v) is 5.70. The Hall–Kier alpha value is -1.94. The largest absolute Gasteiger partial charge is 0.398 e. The zero-order chi connectivity index (χ0) is 13.1. The minimum atomic E-state index is -0.712. The van der Waals surface area contributed by atoms with Crippen molar-refractivity contribution in [2.45, 2.75) is 19.4 Å². The maximum Gasteiger partial charge on any atom is 0.126 e. The molecular weight excluding hydrogens is 231 g/mol. The molecule has 1 aromatic carbocycles. The fourth-order valence-corrected chi connectivity index (χ4v) is 1.81. The van der Waals surface area contributed by atoms with E-state index in [1.54, 1.807) is 37.5 Å². The Morgan fingerprint density at radius 1 is 1.39 bits per heavy atom. The molecule has 0 bridgehead atoms. The minimum absolute atomic E-state index is 0.271. The summed E-state index contributed by atoms with van der Waals surface area (Å²) in [6.07, 6.45) is 2.89. The van der Waals surface area contributed by atoms with Gasteiger partial charge in [-0.2, -0.15) is 0 Å². The van der Waals surface area contributed by atoms with Crippen molar-refractivity contribution < 1.29 is 9.50 Å². The van der Waals surface area contributed by atoms with Crippen LogP contribution in [0.15, 0.2) is 36.7 Å². The zero-order valence-electron chi connectivity index (χ0n) is 10.1. The number of aryl methyl sites for hydroxylation is 1. The molecule has 0 aliphatic heterocycles. The molecule has 1 atom stereocenters. The lowest BCUT2D eigenvalue weighted by molar-refractivity contribution is 0.178. The van der Waals surface area contributed by atoms with Crippen LogP contribution >= 0.6 is 0 Å². The van der Waals surface area contributed by atoms with Gasteiger partial charge in [-0.1, -0.05) is 12.1 Å². The molecule has 1 aromatic heterocycles. The number of benzene rings is 1. The summed E-state index contributed by atoms with van der Waals surface area (Å²) < 4.78 is 13.1. The van der Waals surface area contributed by atoms with Crippen LogP contribution in [0.5, 0.6) is 0 Å². The number of hydrogen-bond acceptors (Lipinski definition) is 3. The molecule has 0 aliphatic carbocycles. The highest BCUT2D eigenvalue weighted by molar-refractivity contribution is 5.45. The molecule has 1 unspecified atom stereocenters. The van der Waals surface area contributed by atoms with Crippen LogP contribution in [0.2, 0.25) is 0 Å². The van der Waals surface area contributed by atoms with E-state index in [9.17, 15) is 9.50 Å². The van der Waals surface area contributed by atoms with Gasteiger partial charge in [0.05, 0.1) is 6.10 Å². The number of aromatic nitrogens is 1. The van der Waals surface area contributed by atoms with Gasteiger partial charge in [0.2, 0.25) is 0 Å². The first kappa shape index (κ1) is 12.5. The van der Waals surface area contributed by atoms with Crippen molar-refractivity contribution >= 4 is 5.69 Å². The summed E-state index contributed by atoms with van der Waals surface area (Å²) in [7, 11) is 0. The van der Waals surface area contributed by atoms with E-state index < -0.39 is 6.10 Å². The maximum absolute atomic E-state index is 13.1. The van der Waals surface area contributed by atoms with Crippen molar-refractivity contribution in [2.75, 3.05) is 5.73 Å². The molecule has 4 heteroatoms. The molecule has 0 amide bonds. The number of nitrogens with zero attached hydrogens (tertiary/aromatic N) is 1. The number of rotatable bonds is 3. The van der Waals surface area contributed by atoms with E-state index >= 15 is 0 Å². The van der Waals surface area contributed by atoms with Crippen LogP contribution in [0.1, 0.15) is 22.8 Å². The fraction of sp³-hybridized carbons (Fsp3) is 0.214. The molecule has 94 valence electrons. The molecule has 0 aliphatic rings. The summed E-state index contributed by atoms with van der Waals surface area (Å²) in [5, 5.41) is 10.1. The second-order valence-electron chi connectivity index (χ2n) is 4.30. The number of pyridine rings is 1. The monoisotopic (exact) mass is 246 g/mol. The summed E-state index contributed by atoms with van der Waals surface area (Å²) in [4.78, 5) is 3.97. The van der Waals surface area contributed by atoms with E-state index in [-0.39, 0.29) is 5.82 Å². The lowest BCUT2D eigenvalue weighted by Crippen LogP contribution is -2.05. The van der Waals surface area contributed by atoms with Crippen LogP contribution in [-0.4, -0.2) is 10.1 Å². The predicted molar refractivity (Wildman–Crippen MR) is 68.5 cm³/mol. The molecule has 18 heavy (non-hydrogen) atoms. The van der Waals surface area contributed by atoms with Gasteiger partial charge in [-0.3, -0.25) is 4.98 Å². The Kier molecular flexibility index (Phi) is 3.58. The summed E-state index contributed by atoms with van der Waals surface area (Å²) in [6.45, 7) is 1.67. The highest BCUT2D eigenvalue weighted by Gasteiger charge is 2.11. The molecule has 3 nitrogen and oxygen atoms in total. The SMILES string of the molecule is Cc1cc(C(O)Cc2cnccc2N)ccc1F. The molecule has 0 radical (unpaired) electrons. The molecule has 0 saturated carbocycles. The average Bonchev–Trinajstić information content (AvgIpc) is 2.35. The van der Waals surface area contributed by atoms with E-state index in [2.05, 4.69) is 4.98 Å². The van der Waals surface area contributed by atoms with Crippen molar-refractivity contribution in [3.63, 3.8) is 0 Å². The second-order valence-corrected chi connectivity index (χ2v) is 4.30. The third-order valence-electron chi connectivity index (χ3n) is 2.92.